The normalized spacial score (nSPS) is 12.6. The predicted octanol–water partition coefficient (Wildman–Crippen LogP) is 5.99. The molecule has 0 radical (unpaired) electrons. The monoisotopic (exact) mass is 540 g/mol. The van der Waals surface area contributed by atoms with Crippen LogP contribution in [0.25, 0.3) is 0 Å². The molecule has 0 aliphatic carbocycles. The van der Waals surface area contributed by atoms with Crippen molar-refractivity contribution < 1.29 is 18.3 Å². The topological polar surface area (TPSA) is 120 Å². The summed E-state index contributed by atoms with van der Waals surface area (Å²) in [5.74, 6) is 0. The molecule has 0 aliphatic heterocycles. The van der Waals surface area contributed by atoms with Crippen molar-refractivity contribution in [3.63, 3.8) is 0 Å². The van der Waals surface area contributed by atoms with Crippen LogP contribution in [0.1, 0.15) is 11.1 Å². The highest BCUT2D eigenvalue weighted by atomic mass is 35.6. The maximum atomic E-state index is 13.2. The van der Waals surface area contributed by atoms with Gasteiger partial charge in [-0.05, 0) is 12.1 Å². The highest BCUT2D eigenvalue weighted by Crippen LogP contribution is 2.47. The van der Waals surface area contributed by atoms with E-state index in [0.29, 0.717) is 0 Å². The third kappa shape index (κ3) is 5.16. The Bertz CT molecular complexity index is 1030. The van der Waals surface area contributed by atoms with E-state index in [9.17, 15) is 28.6 Å². The van der Waals surface area contributed by atoms with Crippen LogP contribution in [0.4, 0.5) is 11.4 Å². The first-order valence-corrected chi connectivity index (χ1v) is 10.8. The first-order valence-electron chi connectivity index (χ1n) is 7.03. The quantitative estimate of drug-likeness (QED) is 0.266. The van der Waals surface area contributed by atoms with Crippen molar-refractivity contribution in [1.29, 1.82) is 0 Å². The number of hydrogen-bond donors (Lipinski definition) is 0. The van der Waals surface area contributed by atoms with Crippen LogP contribution in [0.3, 0.4) is 0 Å². The SMILES string of the molecule is O=[N+]([O-])c1ccc(S(=O)(=O)c2ccc([N+](=O)[O-])cc2C(Cl)(Cl)Cl)c(C(Cl)(Cl)Cl)c1. The van der Waals surface area contributed by atoms with E-state index in [1.807, 2.05) is 0 Å². The average Bonchev–Trinajstić information content (AvgIpc) is 2.59. The van der Waals surface area contributed by atoms with E-state index in [1.165, 1.54) is 0 Å². The number of non-ortho nitro benzene ring substituents is 2. The third-order valence-electron chi connectivity index (χ3n) is 3.54. The first-order chi connectivity index (χ1) is 13.1. The van der Waals surface area contributed by atoms with Crippen LogP contribution in [-0.2, 0) is 17.4 Å². The largest absolute Gasteiger partial charge is 0.269 e. The molecule has 0 spiro atoms. The minimum atomic E-state index is -4.60. The minimum absolute atomic E-state index is 0.523. The van der Waals surface area contributed by atoms with Gasteiger partial charge in [0.05, 0.1) is 19.6 Å². The van der Waals surface area contributed by atoms with Crippen LogP contribution in [0.15, 0.2) is 46.2 Å². The number of rotatable bonds is 4. The van der Waals surface area contributed by atoms with Gasteiger partial charge in [-0.1, -0.05) is 69.6 Å². The summed E-state index contributed by atoms with van der Waals surface area (Å²) in [5.41, 5.74) is -2.11. The smallest absolute Gasteiger partial charge is 0.258 e. The van der Waals surface area contributed by atoms with Crippen LogP contribution in [0.5, 0.6) is 0 Å². The molecular weight excluding hydrogens is 537 g/mol. The number of benzene rings is 2. The van der Waals surface area contributed by atoms with Crippen molar-refractivity contribution in [1.82, 2.24) is 0 Å². The molecule has 0 amide bonds. The molecule has 0 N–H and O–H groups in total. The lowest BCUT2D eigenvalue weighted by molar-refractivity contribution is -0.385. The molecule has 0 aromatic heterocycles. The van der Waals surface area contributed by atoms with Crippen molar-refractivity contribution in [2.45, 2.75) is 17.4 Å². The summed E-state index contributed by atoms with van der Waals surface area (Å²) in [5, 5.41) is 22.0. The van der Waals surface area contributed by atoms with Crippen molar-refractivity contribution in [3.8, 4) is 0 Å². The summed E-state index contributed by atoms with van der Waals surface area (Å²) < 4.78 is 21.7. The summed E-state index contributed by atoms with van der Waals surface area (Å²) in [4.78, 5) is 19.2. The minimum Gasteiger partial charge on any atom is -0.258 e. The molecule has 156 valence electrons. The standard InChI is InChI=1S/C14H6Cl6N2O6S/c15-13(16,17)9-5-7(21(23)24)1-3-11(9)29(27,28)12-4-2-8(22(25)26)6-10(12)14(18,19)20/h1-6H. The van der Waals surface area contributed by atoms with Gasteiger partial charge < -0.3 is 0 Å². The number of nitro benzene ring substituents is 2. The second-order valence-corrected chi connectivity index (χ2v) is 11.8. The molecule has 8 nitrogen and oxygen atoms in total. The molecule has 0 unspecified atom stereocenters. The van der Waals surface area contributed by atoms with E-state index in [1.54, 1.807) is 0 Å². The zero-order valence-electron chi connectivity index (χ0n) is 13.5. The number of halogens is 6. The Hall–Kier alpha value is -1.07. The number of sulfone groups is 1. The molecule has 0 aliphatic rings. The summed E-state index contributed by atoms with van der Waals surface area (Å²) in [6, 6.07) is 5.03. The fourth-order valence-electron chi connectivity index (χ4n) is 2.29. The van der Waals surface area contributed by atoms with E-state index in [4.69, 9.17) is 69.6 Å². The number of nitro groups is 2. The summed E-state index contributed by atoms with van der Waals surface area (Å²) in [6.45, 7) is 0. The molecule has 0 saturated carbocycles. The van der Waals surface area contributed by atoms with Gasteiger partial charge in [0.15, 0.2) is 0 Å². The first kappa shape index (κ1) is 24.2. The van der Waals surface area contributed by atoms with E-state index >= 15 is 0 Å². The summed E-state index contributed by atoms with van der Waals surface area (Å²) >= 11 is 34.8. The van der Waals surface area contributed by atoms with Gasteiger partial charge in [0.1, 0.15) is 0 Å². The van der Waals surface area contributed by atoms with Gasteiger partial charge in [0.25, 0.3) is 11.4 Å². The number of nitrogens with zero attached hydrogens (tertiary/aromatic N) is 2. The Morgan fingerprint density at radius 1 is 0.690 bits per heavy atom. The fourth-order valence-corrected chi connectivity index (χ4v) is 5.30. The molecule has 0 bridgehead atoms. The molecule has 2 aromatic carbocycles. The maximum Gasteiger partial charge on any atom is 0.269 e. The van der Waals surface area contributed by atoms with Crippen molar-refractivity contribution in [3.05, 3.63) is 67.8 Å². The number of alkyl halides is 6. The van der Waals surface area contributed by atoms with Crippen molar-refractivity contribution in [2.24, 2.45) is 0 Å². The van der Waals surface area contributed by atoms with Gasteiger partial charge >= 0.3 is 0 Å². The Labute approximate surface area is 193 Å². The average molecular weight is 543 g/mol. The summed E-state index contributed by atoms with van der Waals surface area (Å²) in [6.07, 6.45) is 0. The van der Waals surface area contributed by atoms with Crippen molar-refractivity contribution >= 4 is 90.8 Å². The van der Waals surface area contributed by atoms with E-state index in [0.717, 1.165) is 36.4 Å². The maximum absolute atomic E-state index is 13.2. The predicted molar refractivity (Wildman–Crippen MR) is 110 cm³/mol. The second-order valence-electron chi connectivity index (χ2n) is 5.37. The van der Waals surface area contributed by atoms with Crippen LogP contribution in [0, 0.1) is 20.2 Å². The van der Waals surface area contributed by atoms with E-state index < -0.39 is 59.6 Å². The van der Waals surface area contributed by atoms with Gasteiger partial charge in [-0.2, -0.15) is 0 Å². The summed E-state index contributed by atoms with van der Waals surface area (Å²) in [7, 11) is -4.60. The zero-order valence-corrected chi connectivity index (χ0v) is 18.8. The highest BCUT2D eigenvalue weighted by molar-refractivity contribution is 7.91. The molecule has 0 heterocycles. The van der Waals surface area contributed by atoms with Crippen molar-refractivity contribution in [2.75, 3.05) is 0 Å². The van der Waals surface area contributed by atoms with Gasteiger partial charge in [-0.3, -0.25) is 20.2 Å². The fraction of sp³-hybridized carbons (Fsp3) is 0.143. The molecule has 0 fully saturated rings. The third-order valence-corrected chi connectivity index (χ3v) is 6.63. The van der Waals surface area contributed by atoms with Gasteiger partial charge in [-0.25, -0.2) is 8.42 Å². The molecule has 29 heavy (non-hydrogen) atoms. The molecule has 2 rings (SSSR count). The van der Waals surface area contributed by atoms with Crippen LogP contribution in [0.2, 0.25) is 0 Å². The van der Waals surface area contributed by atoms with Gasteiger partial charge in [0, 0.05) is 35.4 Å². The van der Waals surface area contributed by atoms with E-state index in [2.05, 4.69) is 0 Å². The Morgan fingerprint density at radius 3 is 1.24 bits per heavy atom. The van der Waals surface area contributed by atoms with Crippen LogP contribution >= 0.6 is 69.6 Å². The number of hydrogen-bond acceptors (Lipinski definition) is 6. The van der Waals surface area contributed by atoms with Crippen LogP contribution in [-0.4, -0.2) is 18.3 Å². The molecule has 0 atom stereocenters. The second kappa shape index (κ2) is 8.22. The lowest BCUT2D eigenvalue weighted by Gasteiger charge is -2.20. The highest BCUT2D eigenvalue weighted by Gasteiger charge is 2.38. The van der Waals surface area contributed by atoms with Gasteiger partial charge in [0.2, 0.25) is 17.4 Å². The Balaban J connectivity index is 2.87. The lowest BCUT2D eigenvalue weighted by Crippen LogP contribution is -2.16. The van der Waals surface area contributed by atoms with E-state index in [-0.39, 0.29) is 0 Å². The van der Waals surface area contributed by atoms with Gasteiger partial charge in [-0.15, -0.1) is 0 Å². The molecule has 0 saturated heterocycles. The Morgan fingerprint density at radius 2 is 1.00 bits per heavy atom. The Kier molecular flexibility index (Phi) is 6.86. The molecular formula is C14H6Cl6N2O6S. The van der Waals surface area contributed by atoms with Crippen LogP contribution < -0.4 is 0 Å². The zero-order chi connectivity index (χ0) is 22.4. The molecule has 15 heteroatoms. The molecule has 2 aromatic rings. The lowest BCUT2D eigenvalue weighted by atomic mass is 10.2.